The van der Waals surface area contributed by atoms with E-state index >= 15 is 0 Å². The van der Waals surface area contributed by atoms with Crippen molar-refractivity contribution in [1.82, 2.24) is 14.8 Å². The molecule has 0 bridgehead atoms. The highest BCUT2D eigenvalue weighted by Gasteiger charge is 2.26. The first-order chi connectivity index (χ1) is 14.0. The smallest absolute Gasteiger partial charge is 0.354 e. The Labute approximate surface area is 167 Å². The molecule has 0 unspecified atom stereocenters. The van der Waals surface area contributed by atoms with E-state index in [2.05, 4.69) is 10.1 Å². The fraction of sp³-hybridized carbons (Fsp3) is 0.381. The monoisotopic (exact) mass is 399 g/mol. The number of carboxylic acid groups (broad SMARTS) is 1. The minimum atomic E-state index is -1.18. The van der Waals surface area contributed by atoms with Crippen LogP contribution in [-0.4, -0.2) is 51.8 Å². The van der Waals surface area contributed by atoms with E-state index in [1.807, 2.05) is 30.3 Å². The summed E-state index contributed by atoms with van der Waals surface area (Å²) in [7, 11) is 0. The number of nitrogens with zero attached hydrogens (tertiary/aromatic N) is 3. The SMILES string of the molecule is Cc1nn(-c2ccccc2)c2nc(C(=O)O)cc(OC[C@H](F)C3CCOCC3)c12. The number of benzene rings is 1. The molecule has 1 fully saturated rings. The van der Waals surface area contributed by atoms with Crippen molar-refractivity contribution in [2.75, 3.05) is 19.8 Å². The molecule has 1 atom stereocenters. The second-order valence-corrected chi connectivity index (χ2v) is 7.12. The normalized spacial score (nSPS) is 16.1. The largest absolute Gasteiger partial charge is 0.490 e. The van der Waals surface area contributed by atoms with E-state index in [1.165, 1.54) is 6.07 Å². The summed E-state index contributed by atoms with van der Waals surface area (Å²) in [5.41, 5.74) is 1.57. The molecule has 4 rings (SSSR count). The first-order valence-corrected chi connectivity index (χ1v) is 9.58. The zero-order chi connectivity index (χ0) is 20.4. The molecule has 0 spiro atoms. The molecule has 152 valence electrons. The topological polar surface area (TPSA) is 86.5 Å². The average Bonchev–Trinajstić information content (AvgIpc) is 3.09. The molecule has 8 heteroatoms. The number of carbonyl (C=O) groups is 1. The van der Waals surface area contributed by atoms with Crippen LogP contribution in [0.5, 0.6) is 5.75 Å². The molecular weight excluding hydrogens is 377 g/mol. The lowest BCUT2D eigenvalue weighted by molar-refractivity contribution is 0.0243. The number of hydrogen-bond donors (Lipinski definition) is 1. The van der Waals surface area contributed by atoms with Gasteiger partial charge in [0.25, 0.3) is 0 Å². The standard InChI is InChI=1S/C21H22FN3O4/c1-13-19-18(29-12-16(22)14-7-9-28-10-8-14)11-17(21(26)27)23-20(19)25(24-13)15-5-3-2-4-6-15/h2-6,11,14,16H,7-10,12H2,1H3,(H,26,27)/t16-/m0/s1. The lowest BCUT2D eigenvalue weighted by Crippen LogP contribution is -2.29. The van der Waals surface area contributed by atoms with Gasteiger partial charge in [-0.25, -0.2) is 18.9 Å². The fourth-order valence-corrected chi connectivity index (χ4v) is 3.61. The Morgan fingerprint density at radius 3 is 2.76 bits per heavy atom. The van der Waals surface area contributed by atoms with E-state index in [0.29, 0.717) is 42.8 Å². The van der Waals surface area contributed by atoms with Crippen LogP contribution >= 0.6 is 0 Å². The van der Waals surface area contributed by atoms with Crippen LogP contribution in [0.2, 0.25) is 0 Å². The number of rotatable bonds is 6. The van der Waals surface area contributed by atoms with Gasteiger partial charge < -0.3 is 14.6 Å². The number of halogens is 1. The molecule has 0 radical (unpaired) electrons. The zero-order valence-electron chi connectivity index (χ0n) is 16.0. The van der Waals surface area contributed by atoms with Gasteiger partial charge in [0.15, 0.2) is 11.3 Å². The molecule has 0 saturated carbocycles. The summed E-state index contributed by atoms with van der Waals surface area (Å²) in [6.07, 6.45) is 0.156. The molecule has 1 saturated heterocycles. The first kappa shape index (κ1) is 19.3. The lowest BCUT2D eigenvalue weighted by Gasteiger charge is -2.25. The van der Waals surface area contributed by atoms with Crippen molar-refractivity contribution >= 4 is 17.0 Å². The Morgan fingerprint density at radius 1 is 1.34 bits per heavy atom. The molecule has 29 heavy (non-hydrogen) atoms. The zero-order valence-corrected chi connectivity index (χ0v) is 16.0. The van der Waals surface area contributed by atoms with Crippen LogP contribution in [0.25, 0.3) is 16.7 Å². The lowest BCUT2D eigenvalue weighted by atomic mass is 9.95. The summed E-state index contributed by atoms with van der Waals surface area (Å²) in [5, 5.41) is 14.6. The highest BCUT2D eigenvalue weighted by molar-refractivity contribution is 5.93. The molecule has 1 N–H and O–H groups in total. The molecular formula is C21H22FN3O4. The van der Waals surface area contributed by atoms with E-state index < -0.39 is 12.1 Å². The summed E-state index contributed by atoms with van der Waals surface area (Å²) in [4.78, 5) is 15.9. The summed E-state index contributed by atoms with van der Waals surface area (Å²) in [6.45, 7) is 2.74. The minimum Gasteiger partial charge on any atom is -0.490 e. The van der Waals surface area contributed by atoms with Gasteiger partial charge >= 0.3 is 5.97 Å². The van der Waals surface area contributed by atoms with Crippen molar-refractivity contribution in [3.8, 4) is 11.4 Å². The summed E-state index contributed by atoms with van der Waals surface area (Å²) >= 11 is 0. The van der Waals surface area contributed by atoms with Gasteiger partial charge in [0.1, 0.15) is 18.5 Å². The van der Waals surface area contributed by atoms with Crippen LogP contribution in [0.4, 0.5) is 4.39 Å². The molecule has 1 aliphatic heterocycles. The van der Waals surface area contributed by atoms with Crippen molar-refractivity contribution < 1.29 is 23.8 Å². The maximum Gasteiger partial charge on any atom is 0.354 e. The Hall–Kier alpha value is -3.00. The first-order valence-electron chi connectivity index (χ1n) is 9.58. The van der Waals surface area contributed by atoms with Gasteiger partial charge in [-0.3, -0.25) is 0 Å². The maximum atomic E-state index is 14.7. The number of fused-ring (bicyclic) bond motifs is 1. The second-order valence-electron chi connectivity index (χ2n) is 7.12. The minimum absolute atomic E-state index is 0.117. The number of hydrogen-bond acceptors (Lipinski definition) is 5. The van der Waals surface area contributed by atoms with Gasteiger partial charge in [0.05, 0.1) is 16.8 Å². The average molecular weight is 399 g/mol. The van der Waals surface area contributed by atoms with Crippen molar-refractivity contribution in [2.45, 2.75) is 25.9 Å². The van der Waals surface area contributed by atoms with Gasteiger partial charge in [-0.2, -0.15) is 5.10 Å². The molecule has 1 aromatic carbocycles. The maximum absolute atomic E-state index is 14.7. The van der Waals surface area contributed by atoms with Crippen LogP contribution < -0.4 is 4.74 Å². The van der Waals surface area contributed by atoms with Crippen molar-refractivity contribution in [3.05, 3.63) is 47.8 Å². The van der Waals surface area contributed by atoms with E-state index in [-0.39, 0.29) is 24.0 Å². The van der Waals surface area contributed by atoms with Gasteiger partial charge in [0, 0.05) is 19.3 Å². The van der Waals surface area contributed by atoms with Gasteiger partial charge in [0.2, 0.25) is 0 Å². The molecule has 0 amide bonds. The van der Waals surface area contributed by atoms with Gasteiger partial charge in [-0.15, -0.1) is 0 Å². The number of aromatic nitrogens is 3. The number of alkyl halides is 1. The summed E-state index contributed by atoms with van der Waals surface area (Å²) in [6, 6.07) is 10.6. The van der Waals surface area contributed by atoms with Gasteiger partial charge in [-0.1, -0.05) is 18.2 Å². The van der Waals surface area contributed by atoms with Crippen LogP contribution in [-0.2, 0) is 4.74 Å². The Bertz CT molecular complexity index is 1020. The number of ether oxygens (including phenoxy) is 2. The van der Waals surface area contributed by atoms with Gasteiger partial charge in [-0.05, 0) is 37.8 Å². The van der Waals surface area contributed by atoms with E-state index in [9.17, 15) is 14.3 Å². The van der Waals surface area contributed by atoms with Crippen LogP contribution in [0, 0.1) is 12.8 Å². The van der Waals surface area contributed by atoms with Crippen LogP contribution in [0.1, 0.15) is 29.0 Å². The van der Waals surface area contributed by atoms with Crippen molar-refractivity contribution in [1.29, 1.82) is 0 Å². The van der Waals surface area contributed by atoms with Crippen LogP contribution in [0.15, 0.2) is 36.4 Å². The summed E-state index contributed by atoms with van der Waals surface area (Å²) in [5.74, 6) is -1.02. The quantitative estimate of drug-likeness (QED) is 0.682. The molecule has 2 aromatic heterocycles. The third kappa shape index (κ3) is 3.93. The molecule has 3 heterocycles. The number of para-hydroxylation sites is 1. The predicted molar refractivity (Wildman–Crippen MR) is 104 cm³/mol. The Morgan fingerprint density at radius 2 is 2.07 bits per heavy atom. The number of aromatic carboxylic acids is 1. The molecule has 1 aliphatic rings. The highest BCUT2D eigenvalue weighted by Crippen LogP contribution is 2.31. The van der Waals surface area contributed by atoms with Crippen molar-refractivity contribution in [2.24, 2.45) is 5.92 Å². The summed E-state index contributed by atoms with van der Waals surface area (Å²) < 4.78 is 27.3. The second kappa shape index (κ2) is 8.16. The van der Waals surface area contributed by atoms with Crippen LogP contribution in [0.3, 0.4) is 0 Å². The molecule has 0 aliphatic carbocycles. The molecule has 3 aromatic rings. The van der Waals surface area contributed by atoms with E-state index in [4.69, 9.17) is 9.47 Å². The number of pyridine rings is 1. The third-order valence-corrected chi connectivity index (χ3v) is 5.17. The fourth-order valence-electron chi connectivity index (χ4n) is 3.61. The highest BCUT2D eigenvalue weighted by atomic mass is 19.1. The Balaban J connectivity index is 1.71. The van der Waals surface area contributed by atoms with E-state index in [0.717, 1.165) is 5.69 Å². The predicted octanol–water partition coefficient (Wildman–Crippen LogP) is 3.57. The number of aryl methyl sites for hydroxylation is 1. The number of carboxylic acids is 1. The molecule has 7 nitrogen and oxygen atoms in total. The van der Waals surface area contributed by atoms with E-state index in [1.54, 1.807) is 11.6 Å². The van der Waals surface area contributed by atoms with Crippen molar-refractivity contribution in [3.63, 3.8) is 0 Å². The Kier molecular flexibility index (Phi) is 5.44. The third-order valence-electron chi connectivity index (χ3n) is 5.17.